The highest BCUT2D eigenvalue weighted by Gasteiger charge is 2.12. The minimum absolute atomic E-state index is 0.197. The van der Waals surface area contributed by atoms with E-state index in [0.717, 1.165) is 25.0 Å². The molecule has 0 aliphatic rings. The van der Waals surface area contributed by atoms with Gasteiger partial charge in [0.1, 0.15) is 29.0 Å². The highest BCUT2D eigenvalue weighted by Crippen LogP contribution is 2.18. The summed E-state index contributed by atoms with van der Waals surface area (Å²) in [4.78, 5) is 12.1. The van der Waals surface area contributed by atoms with Crippen LogP contribution in [0.5, 0.6) is 5.75 Å². The van der Waals surface area contributed by atoms with Crippen LogP contribution in [0.15, 0.2) is 48.0 Å². The molecule has 26 heavy (non-hydrogen) atoms. The average Bonchev–Trinajstić information content (AvgIpc) is 2.63. The molecule has 0 aliphatic carbocycles. The van der Waals surface area contributed by atoms with E-state index < -0.39 is 17.5 Å². The van der Waals surface area contributed by atoms with E-state index in [1.165, 1.54) is 6.08 Å². The third kappa shape index (κ3) is 5.42. The average molecular weight is 356 g/mol. The highest BCUT2D eigenvalue weighted by atomic mass is 19.1. The van der Waals surface area contributed by atoms with E-state index in [-0.39, 0.29) is 11.3 Å². The molecule has 0 aromatic heterocycles. The lowest BCUT2D eigenvalue weighted by atomic mass is 10.1. The van der Waals surface area contributed by atoms with Gasteiger partial charge in [-0.3, -0.25) is 4.79 Å². The first-order valence-corrected chi connectivity index (χ1v) is 8.14. The van der Waals surface area contributed by atoms with Gasteiger partial charge in [-0.2, -0.15) is 5.26 Å². The molecular formula is C20H18F2N2O2. The molecule has 0 saturated carbocycles. The van der Waals surface area contributed by atoms with Gasteiger partial charge >= 0.3 is 0 Å². The van der Waals surface area contributed by atoms with Crippen molar-refractivity contribution in [3.05, 3.63) is 65.2 Å². The standard InChI is InChI=1S/C20H18F2N2O2/c1-2-3-10-26-17-7-4-14(5-8-17)11-15(13-23)20(25)24-19-9-6-16(21)12-18(19)22/h4-9,11-12H,2-3,10H2,1H3,(H,24,25)/b15-11+. The SMILES string of the molecule is CCCCOc1ccc(/C=C(\C#N)C(=O)Nc2ccc(F)cc2F)cc1. The van der Waals surface area contributed by atoms with E-state index in [1.54, 1.807) is 30.3 Å². The van der Waals surface area contributed by atoms with Gasteiger partial charge in [0.05, 0.1) is 12.3 Å². The number of hydrogen-bond donors (Lipinski definition) is 1. The van der Waals surface area contributed by atoms with Crippen LogP contribution in [-0.2, 0) is 4.79 Å². The Morgan fingerprint density at radius 3 is 2.58 bits per heavy atom. The van der Waals surface area contributed by atoms with E-state index in [0.29, 0.717) is 24.0 Å². The molecule has 6 heteroatoms. The molecule has 0 atom stereocenters. The Balaban J connectivity index is 2.09. The van der Waals surface area contributed by atoms with Gasteiger partial charge in [-0.15, -0.1) is 0 Å². The minimum atomic E-state index is -0.913. The van der Waals surface area contributed by atoms with Crippen LogP contribution in [0.25, 0.3) is 6.08 Å². The molecule has 0 unspecified atom stereocenters. The molecule has 1 amide bonds. The van der Waals surface area contributed by atoms with E-state index in [2.05, 4.69) is 12.2 Å². The maximum Gasteiger partial charge on any atom is 0.266 e. The summed E-state index contributed by atoms with van der Waals surface area (Å²) in [5, 5.41) is 11.4. The number of rotatable bonds is 7. The predicted molar refractivity (Wildman–Crippen MR) is 95.4 cm³/mol. The molecule has 4 nitrogen and oxygen atoms in total. The Labute approximate surface area is 150 Å². The van der Waals surface area contributed by atoms with Gasteiger partial charge in [0, 0.05) is 6.07 Å². The molecule has 0 bridgehead atoms. The topological polar surface area (TPSA) is 62.1 Å². The molecule has 1 N–H and O–H groups in total. The number of benzene rings is 2. The van der Waals surface area contributed by atoms with Crippen molar-refractivity contribution in [2.75, 3.05) is 11.9 Å². The quantitative estimate of drug-likeness (QED) is 0.445. The van der Waals surface area contributed by atoms with Crippen LogP contribution < -0.4 is 10.1 Å². The van der Waals surface area contributed by atoms with Crippen LogP contribution in [-0.4, -0.2) is 12.5 Å². The van der Waals surface area contributed by atoms with Gasteiger partial charge in [0.15, 0.2) is 0 Å². The van der Waals surface area contributed by atoms with E-state index >= 15 is 0 Å². The van der Waals surface area contributed by atoms with Gasteiger partial charge in [0.25, 0.3) is 5.91 Å². The molecule has 2 aromatic carbocycles. The van der Waals surface area contributed by atoms with Crippen LogP contribution >= 0.6 is 0 Å². The number of anilines is 1. The number of amides is 1. The lowest BCUT2D eigenvalue weighted by Gasteiger charge is -2.07. The fourth-order valence-corrected chi connectivity index (χ4v) is 2.09. The van der Waals surface area contributed by atoms with Crippen LogP contribution in [0.2, 0.25) is 0 Å². The van der Waals surface area contributed by atoms with Gasteiger partial charge in [-0.05, 0) is 42.3 Å². The number of hydrogen-bond acceptors (Lipinski definition) is 3. The molecule has 0 fully saturated rings. The summed E-state index contributed by atoms with van der Waals surface area (Å²) in [6.45, 7) is 2.70. The Hall–Kier alpha value is -3.20. The summed E-state index contributed by atoms with van der Waals surface area (Å²) in [5.41, 5.74) is 0.227. The molecule has 134 valence electrons. The highest BCUT2D eigenvalue weighted by molar-refractivity contribution is 6.09. The number of carbonyl (C=O) groups is 1. The van der Waals surface area contributed by atoms with Crippen molar-refractivity contribution >= 4 is 17.7 Å². The van der Waals surface area contributed by atoms with E-state index in [1.807, 2.05) is 0 Å². The van der Waals surface area contributed by atoms with Crippen molar-refractivity contribution in [3.8, 4) is 11.8 Å². The van der Waals surface area contributed by atoms with E-state index in [9.17, 15) is 18.8 Å². The van der Waals surface area contributed by atoms with Gasteiger partial charge in [0.2, 0.25) is 0 Å². The van der Waals surface area contributed by atoms with Crippen LogP contribution in [0, 0.1) is 23.0 Å². The molecular weight excluding hydrogens is 338 g/mol. The maximum atomic E-state index is 13.6. The van der Waals surface area contributed by atoms with Gasteiger partial charge in [-0.25, -0.2) is 8.78 Å². The molecule has 0 radical (unpaired) electrons. The Morgan fingerprint density at radius 2 is 1.96 bits per heavy atom. The van der Waals surface area contributed by atoms with Crippen molar-refractivity contribution in [1.29, 1.82) is 5.26 Å². The molecule has 2 rings (SSSR count). The molecule has 0 aliphatic heterocycles. The third-order valence-corrected chi connectivity index (χ3v) is 3.50. The second-order valence-electron chi connectivity index (χ2n) is 5.52. The number of halogens is 2. The molecule has 0 heterocycles. The van der Waals surface area contributed by atoms with Crippen LogP contribution in [0.3, 0.4) is 0 Å². The maximum absolute atomic E-state index is 13.6. The summed E-state index contributed by atoms with van der Waals surface area (Å²) in [7, 11) is 0. The number of nitrogens with one attached hydrogen (secondary N) is 1. The lowest BCUT2D eigenvalue weighted by molar-refractivity contribution is -0.112. The normalized spacial score (nSPS) is 10.9. The zero-order chi connectivity index (χ0) is 18.9. The summed E-state index contributed by atoms with van der Waals surface area (Å²) < 4.78 is 32.1. The van der Waals surface area contributed by atoms with Crippen molar-refractivity contribution < 1.29 is 18.3 Å². The fourth-order valence-electron chi connectivity index (χ4n) is 2.09. The second kappa shape index (κ2) is 9.33. The number of carbonyl (C=O) groups excluding carboxylic acids is 1. The first-order chi connectivity index (χ1) is 12.5. The minimum Gasteiger partial charge on any atom is -0.494 e. The number of ether oxygens (including phenoxy) is 1. The molecule has 0 saturated heterocycles. The lowest BCUT2D eigenvalue weighted by Crippen LogP contribution is -2.14. The predicted octanol–water partition coefficient (Wildman–Crippen LogP) is 4.69. The molecule has 2 aromatic rings. The zero-order valence-corrected chi connectivity index (χ0v) is 14.3. The molecule has 0 spiro atoms. The number of unbranched alkanes of at least 4 members (excludes halogenated alkanes) is 1. The smallest absolute Gasteiger partial charge is 0.266 e. The Bertz CT molecular complexity index is 840. The van der Waals surface area contributed by atoms with Crippen LogP contribution in [0.1, 0.15) is 25.3 Å². The third-order valence-electron chi connectivity index (χ3n) is 3.50. The number of nitriles is 1. The number of nitrogens with zero attached hydrogens (tertiary/aromatic N) is 1. The van der Waals surface area contributed by atoms with Crippen molar-refractivity contribution in [2.24, 2.45) is 0 Å². The van der Waals surface area contributed by atoms with Gasteiger partial charge < -0.3 is 10.1 Å². The van der Waals surface area contributed by atoms with Crippen molar-refractivity contribution in [3.63, 3.8) is 0 Å². The summed E-state index contributed by atoms with van der Waals surface area (Å²) in [6, 6.07) is 11.5. The first kappa shape index (κ1) is 19.1. The fraction of sp³-hybridized carbons (Fsp3) is 0.200. The van der Waals surface area contributed by atoms with Gasteiger partial charge in [-0.1, -0.05) is 25.5 Å². The van der Waals surface area contributed by atoms with E-state index in [4.69, 9.17) is 4.74 Å². The van der Waals surface area contributed by atoms with Crippen molar-refractivity contribution in [1.82, 2.24) is 0 Å². The Morgan fingerprint density at radius 1 is 1.23 bits per heavy atom. The zero-order valence-electron chi connectivity index (χ0n) is 14.3. The summed E-state index contributed by atoms with van der Waals surface area (Å²) in [5.74, 6) is -1.74. The largest absolute Gasteiger partial charge is 0.494 e. The van der Waals surface area contributed by atoms with Crippen molar-refractivity contribution in [2.45, 2.75) is 19.8 Å². The van der Waals surface area contributed by atoms with Crippen LogP contribution in [0.4, 0.5) is 14.5 Å². The monoisotopic (exact) mass is 356 g/mol. The summed E-state index contributed by atoms with van der Waals surface area (Å²) in [6.07, 6.45) is 3.38. The first-order valence-electron chi connectivity index (χ1n) is 8.14. The second-order valence-corrected chi connectivity index (χ2v) is 5.52. The summed E-state index contributed by atoms with van der Waals surface area (Å²) >= 11 is 0. The Kier molecular flexibility index (Phi) is 6.86.